The van der Waals surface area contributed by atoms with E-state index in [0.29, 0.717) is 5.02 Å². The molecule has 0 spiro atoms. The fourth-order valence-corrected chi connectivity index (χ4v) is 4.26. The van der Waals surface area contributed by atoms with Crippen LogP contribution in [0.25, 0.3) is 11.1 Å². The molecule has 0 aromatic heterocycles. The lowest BCUT2D eigenvalue weighted by molar-refractivity contribution is 0.305. The predicted molar refractivity (Wildman–Crippen MR) is 121 cm³/mol. The number of ether oxygens (including phenoxy) is 1. The molecule has 28 heavy (non-hydrogen) atoms. The van der Waals surface area contributed by atoms with E-state index in [1.54, 1.807) is 0 Å². The Hall–Kier alpha value is -1.47. The highest BCUT2D eigenvalue weighted by Crippen LogP contribution is 2.31. The molecule has 1 radical (unpaired) electrons. The van der Waals surface area contributed by atoms with Gasteiger partial charge in [-0.3, -0.25) is 0 Å². The van der Waals surface area contributed by atoms with Crippen LogP contribution in [-0.2, 0) is 6.42 Å². The zero-order chi connectivity index (χ0) is 19.6. The molecule has 0 unspecified atom stereocenters. The van der Waals surface area contributed by atoms with E-state index in [1.807, 2.05) is 12.1 Å². The molecule has 151 valence electrons. The molecule has 0 N–H and O–H groups in total. The maximum absolute atomic E-state index is 6.46. The minimum Gasteiger partial charge on any atom is -0.492 e. The first-order valence-corrected chi connectivity index (χ1v) is 11.5. The Labute approximate surface area is 176 Å². The van der Waals surface area contributed by atoms with Crippen molar-refractivity contribution in [1.82, 2.24) is 0 Å². The van der Waals surface area contributed by atoms with Crippen molar-refractivity contribution in [2.45, 2.75) is 71.1 Å². The van der Waals surface area contributed by atoms with Crippen molar-refractivity contribution < 1.29 is 4.74 Å². The van der Waals surface area contributed by atoms with E-state index >= 15 is 0 Å². The van der Waals surface area contributed by atoms with Gasteiger partial charge in [0.1, 0.15) is 5.75 Å². The third-order valence-corrected chi connectivity index (χ3v) is 6.17. The van der Waals surface area contributed by atoms with Gasteiger partial charge < -0.3 is 4.74 Å². The summed E-state index contributed by atoms with van der Waals surface area (Å²) in [6, 6.07) is 15.1. The molecule has 0 bridgehead atoms. The predicted octanol–water partition coefficient (Wildman–Crippen LogP) is 8.29. The Kier molecular flexibility index (Phi) is 8.73. The average molecular weight is 398 g/mol. The molecule has 3 rings (SSSR count). The highest BCUT2D eigenvalue weighted by molar-refractivity contribution is 6.32. The van der Waals surface area contributed by atoms with Gasteiger partial charge in [-0.25, -0.2) is 0 Å². The largest absolute Gasteiger partial charge is 0.492 e. The molecule has 2 aromatic carbocycles. The van der Waals surface area contributed by atoms with Gasteiger partial charge in [-0.2, -0.15) is 0 Å². The van der Waals surface area contributed by atoms with Gasteiger partial charge in [0, 0.05) is 0 Å². The number of hydrogen-bond donors (Lipinski definition) is 0. The summed E-state index contributed by atoms with van der Waals surface area (Å²) >= 11 is 6.46. The number of aryl methyl sites for hydroxylation is 1. The van der Waals surface area contributed by atoms with Crippen molar-refractivity contribution in [3.63, 3.8) is 0 Å². The first-order valence-electron chi connectivity index (χ1n) is 11.1. The smallest absolute Gasteiger partial charge is 0.137 e. The topological polar surface area (TPSA) is 9.23 Å². The van der Waals surface area contributed by atoms with Crippen LogP contribution in [0.3, 0.4) is 0 Å². The van der Waals surface area contributed by atoms with Crippen molar-refractivity contribution in [3.8, 4) is 16.9 Å². The van der Waals surface area contributed by atoms with Gasteiger partial charge in [0.05, 0.1) is 11.6 Å². The Bertz CT molecular complexity index is 701. The summed E-state index contributed by atoms with van der Waals surface area (Å²) in [4.78, 5) is 0. The van der Waals surface area contributed by atoms with Crippen molar-refractivity contribution in [2.24, 2.45) is 5.92 Å². The summed E-state index contributed by atoms with van der Waals surface area (Å²) < 4.78 is 5.85. The summed E-state index contributed by atoms with van der Waals surface area (Å²) in [5, 5.41) is 0.700. The van der Waals surface area contributed by atoms with E-state index in [0.717, 1.165) is 30.3 Å². The van der Waals surface area contributed by atoms with Crippen molar-refractivity contribution in [1.29, 1.82) is 0 Å². The maximum Gasteiger partial charge on any atom is 0.137 e. The molecule has 0 saturated heterocycles. The molecule has 1 nitrogen and oxygen atoms in total. The van der Waals surface area contributed by atoms with Crippen LogP contribution in [0.1, 0.15) is 70.3 Å². The summed E-state index contributed by atoms with van der Waals surface area (Å²) in [5.74, 6) is 1.71. The fourth-order valence-electron chi connectivity index (χ4n) is 4.03. The molecule has 0 aliphatic heterocycles. The minimum atomic E-state index is 0.700. The SMILES string of the molecule is CCCCCCOc1ccc(-c2ccc(CCC3CC[CH]CC3)cc2)cc1Cl. The Morgan fingerprint density at radius 3 is 2.39 bits per heavy atom. The highest BCUT2D eigenvalue weighted by atomic mass is 35.5. The van der Waals surface area contributed by atoms with Crippen molar-refractivity contribution in [3.05, 3.63) is 59.5 Å². The van der Waals surface area contributed by atoms with Gasteiger partial charge in [0.15, 0.2) is 0 Å². The second-order valence-corrected chi connectivity index (χ2v) is 8.51. The van der Waals surface area contributed by atoms with E-state index in [-0.39, 0.29) is 0 Å². The number of rotatable bonds is 10. The molecular weight excluding hydrogens is 364 g/mol. The molecule has 1 saturated carbocycles. The van der Waals surface area contributed by atoms with Gasteiger partial charge in [-0.1, -0.05) is 81.0 Å². The molecular formula is C26H34ClO. The molecule has 0 heterocycles. The molecule has 1 fully saturated rings. The fraction of sp³-hybridized carbons (Fsp3) is 0.500. The second-order valence-electron chi connectivity index (χ2n) is 8.10. The molecule has 2 aromatic rings. The number of hydrogen-bond acceptors (Lipinski definition) is 1. The number of benzene rings is 2. The van der Waals surface area contributed by atoms with Gasteiger partial charge in [0.25, 0.3) is 0 Å². The Morgan fingerprint density at radius 1 is 0.929 bits per heavy atom. The summed E-state index contributed by atoms with van der Waals surface area (Å²) in [6.45, 7) is 2.96. The van der Waals surface area contributed by atoms with E-state index in [9.17, 15) is 0 Å². The first-order chi connectivity index (χ1) is 13.8. The van der Waals surface area contributed by atoms with Crippen LogP contribution in [0.5, 0.6) is 5.75 Å². The van der Waals surface area contributed by atoms with Crippen molar-refractivity contribution >= 4 is 11.6 Å². The van der Waals surface area contributed by atoms with E-state index in [2.05, 4.69) is 43.7 Å². The quantitative estimate of drug-likeness (QED) is 0.366. The molecule has 0 atom stereocenters. The van der Waals surface area contributed by atoms with Crippen LogP contribution in [0.2, 0.25) is 5.02 Å². The van der Waals surface area contributed by atoms with E-state index in [1.165, 1.54) is 68.9 Å². The highest BCUT2D eigenvalue weighted by Gasteiger charge is 2.13. The number of unbranched alkanes of at least 4 members (excludes halogenated alkanes) is 3. The van der Waals surface area contributed by atoms with Crippen LogP contribution < -0.4 is 4.74 Å². The van der Waals surface area contributed by atoms with E-state index in [4.69, 9.17) is 16.3 Å². The van der Waals surface area contributed by atoms with Crippen LogP contribution >= 0.6 is 11.6 Å². The average Bonchev–Trinajstić information content (AvgIpc) is 2.74. The minimum absolute atomic E-state index is 0.700. The lowest BCUT2D eigenvalue weighted by Crippen LogP contribution is -2.07. The van der Waals surface area contributed by atoms with Crippen LogP contribution in [0.4, 0.5) is 0 Å². The monoisotopic (exact) mass is 397 g/mol. The van der Waals surface area contributed by atoms with Gasteiger partial charge in [-0.15, -0.1) is 0 Å². The first kappa shape index (κ1) is 21.2. The number of halogens is 1. The Balaban J connectivity index is 1.52. The molecule has 1 aliphatic rings. The van der Waals surface area contributed by atoms with Crippen LogP contribution in [-0.4, -0.2) is 6.61 Å². The molecule has 1 aliphatic carbocycles. The zero-order valence-electron chi connectivity index (χ0n) is 17.3. The maximum atomic E-state index is 6.46. The third-order valence-electron chi connectivity index (χ3n) is 5.87. The standard InChI is InChI=1S/C26H34ClO/c1-2-3-4-8-19-28-26-18-17-24(20-25(26)27)23-15-13-22(14-16-23)12-11-21-9-6-5-7-10-21/h5,13-18,20-21H,2-4,6-12,19H2,1H3. The summed E-state index contributed by atoms with van der Waals surface area (Å²) in [5.41, 5.74) is 3.81. The van der Waals surface area contributed by atoms with Gasteiger partial charge in [0.2, 0.25) is 0 Å². The van der Waals surface area contributed by atoms with Gasteiger partial charge >= 0.3 is 0 Å². The second kappa shape index (κ2) is 11.5. The van der Waals surface area contributed by atoms with Crippen LogP contribution in [0, 0.1) is 12.3 Å². The Morgan fingerprint density at radius 2 is 1.68 bits per heavy atom. The van der Waals surface area contributed by atoms with Gasteiger partial charge in [-0.05, 0) is 73.3 Å². The van der Waals surface area contributed by atoms with Crippen molar-refractivity contribution in [2.75, 3.05) is 6.61 Å². The molecule has 0 amide bonds. The lowest BCUT2D eigenvalue weighted by Gasteiger charge is -2.21. The van der Waals surface area contributed by atoms with E-state index < -0.39 is 0 Å². The summed E-state index contributed by atoms with van der Waals surface area (Å²) in [7, 11) is 0. The normalized spacial score (nSPS) is 14.9. The molecule has 2 heteroatoms. The van der Waals surface area contributed by atoms with Crippen LogP contribution in [0.15, 0.2) is 42.5 Å². The lowest BCUT2D eigenvalue weighted by atomic mass is 9.85. The third kappa shape index (κ3) is 6.55. The summed E-state index contributed by atoms with van der Waals surface area (Å²) in [6.07, 6.45) is 15.2. The zero-order valence-corrected chi connectivity index (χ0v) is 18.0.